The minimum absolute atomic E-state index is 0.0705. The van der Waals surface area contributed by atoms with Crippen LogP contribution in [0, 0.1) is 0 Å². The number of aliphatic imine (C=N–C) groups is 1. The molecule has 0 aliphatic carbocycles. The van der Waals surface area contributed by atoms with Crippen LogP contribution >= 0.6 is 27.3 Å². The minimum atomic E-state index is -0.0705. The highest BCUT2D eigenvalue weighted by Crippen LogP contribution is 2.37. The number of halogens is 1. The largest absolute Gasteiger partial charge is 0.383 e. The highest BCUT2D eigenvalue weighted by Gasteiger charge is 2.27. The third kappa shape index (κ3) is 2.74. The smallest absolute Gasteiger partial charge is 0.277 e. The van der Waals surface area contributed by atoms with Crippen LogP contribution in [0.5, 0.6) is 0 Å². The highest BCUT2D eigenvalue weighted by molar-refractivity contribution is 9.10. The van der Waals surface area contributed by atoms with Crippen molar-refractivity contribution in [3.05, 3.63) is 39.3 Å². The van der Waals surface area contributed by atoms with Crippen LogP contribution in [0.3, 0.4) is 0 Å². The summed E-state index contributed by atoms with van der Waals surface area (Å²) in [6.45, 7) is 2.86. The molecule has 22 heavy (non-hydrogen) atoms. The second-order valence-electron chi connectivity index (χ2n) is 4.91. The van der Waals surface area contributed by atoms with E-state index in [1.54, 1.807) is 23.3 Å². The maximum absolute atomic E-state index is 12.4. The number of fused-ring (bicyclic) bond motifs is 1. The molecule has 0 bridgehead atoms. The Balaban J connectivity index is 1.95. The Kier molecular flexibility index (Phi) is 4.42. The average molecular weight is 379 g/mol. The zero-order valence-electron chi connectivity index (χ0n) is 12.3. The van der Waals surface area contributed by atoms with E-state index in [9.17, 15) is 4.79 Å². The lowest BCUT2D eigenvalue weighted by Crippen LogP contribution is -2.33. The van der Waals surface area contributed by atoms with E-state index in [-0.39, 0.29) is 5.91 Å². The van der Waals surface area contributed by atoms with Gasteiger partial charge in [-0.1, -0.05) is 18.2 Å². The minimum Gasteiger partial charge on any atom is -0.383 e. The van der Waals surface area contributed by atoms with Crippen molar-refractivity contribution < 1.29 is 9.53 Å². The van der Waals surface area contributed by atoms with Crippen molar-refractivity contribution in [2.75, 3.05) is 20.3 Å². The van der Waals surface area contributed by atoms with Gasteiger partial charge in [-0.05, 0) is 35.0 Å². The van der Waals surface area contributed by atoms with Crippen LogP contribution in [-0.2, 0) is 9.53 Å². The molecular formula is C16H15BrN2O2S. The highest BCUT2D eigenvalue weighted by atomic mass is 79.9. The summed E-state index contributed by atoms with van der Waals surface area (Å²) in [5.41, 5.74) is 0.473. The fraction of sp³-hybridized carbons (Fsp3) is 0.250. The van der Waals surface area contributed by atoms with Crippen molar-refractivity contribution in [2.24, 2.45) is 4.99 Å². The zero-order chi connectivity index (χ0) is 15.7. The van der Waals surface area contributed by atoms with Gasteiger partial charge in [0.05, 0.1) is 13.2 Å². The number of rotatable bonds is 4. The van der Waals surface area contributed by atoms with Crippen molar-refractivity contribution in [3.63, 3.8) is 0 Å². The molecule has 1 aliphatic rings. The molecular weight excluding hydrogens is 364 g/mol. The van der Waals surface area contributed by atoms with Gasteiger partial charge in [-0.25, -0.2) is 4.99 Å². The number of thiophene rings is 1. The number of carbonyl (C=O) groups excluding carboxylic acids is 1. The van der Waals surface area contributed by atoms with E-state index in [0.29, 0.717) is 24.7 Å². The number of carbonyl (C=O) groups is 1. The molecule has 0 fully saturated rings. The fourth-order valence-electron chi connectivity index (χ4n) is 2.36. The Labute approximate surface area is 141 Å². The van der Waals surface area contributed by atoms with Crippen LogP contribution in [0.15, 0.2) is 39.4 Å². The van der Waals surface area contributed by atoms with Crippen molar-refractivity contribution in [1.82, 2.24) is 4.90 Å². The molecule has 1 aliphatic heterocycles. The summed E-state index contributed by atoms with van der Waals surface area (Å²) < 4.78 is 7.23. The molecule has 6 heteroatoms. The molecule has 4 nitrogen and oxygen atoms in total. The quantitative estimate of drug-likeness (QED) is 0.756. The maximum atomic E-state index is 12.4. The first-order chi connectivity index (χ1) is 10.6. The first-order valence-corrected chi connectivity index (χ1v) is 8.47. The number of amides is 1. The SMILES string of the molecule is COCCN1C(=O)C(=Cc2sc3ccccc3c2Br)N=C1C. The van der Waals surface area contributed by atoms with Crippen molar-refractivity contribution in [3.8, 4) is 0 Å². The lowest BCUT2D eigenvalue weighted by atomic mass is 10.2. The fourth-order valence-corrected chi connectivity index (χ4v) is 4.23. The Hall–Kier alpha value is -1.50. The first-order valence-electron chi connectivity index (χ1n) is 6.86. The molecule has 1 aromatic heterocycles. The monoisotopic (exact) mass is 378 g/mol. The Bertz CT molecular complexity index is 795. The second-order valence-corrected chi connectivity index (χ2v) is 6.79. The molecule has 1 amide bonds. The summed E-state index contributed by atoms with van der Waals surface area (Å²) in [5.74, 6) is 0.643. The molecule has 1 aromatic carbocycles. The van der Waals surface area contributed by atoms with Gasteiger partial charge in [-0.15, -0.1) is 11.3 Å². The van der Waals surface area contributed by atoms with Gasteiger partial charge in [-0.3, -0.25) is 9.69 Å². The predicted octanol–water partition coefficient (Wildman–Crippen LogP) is 3.91. The van der Waals surface area contributed by atoms with E-state index >= 15 is 0 Å². The third-order valence-electron chi connectivity index (χ3n) is 3.48. The van der Waals surface area contributed by atoms with Gasteiger partial charge in [0.2, 0.25) is 0 Å². The predicted molar refractivity (Wildman–Crippen MR) is 94.2 cm³/mol. The van der Waals surface area contributed by atoms with E-state index in [1.165, 1.54) is 4.70 Å². The van der Waals surface area contributed by atoms with Crippen molar-refractivity contribution >= 4 is 55.2 Å². The topological polar surface area (TPSA) is 41.9 Å². The van der Waals surface area contributed by atoms with Crippen molar-refractivity contribution in [1.29, 1.82) is 0 Å². The molecule has 0 radical (unpaired) electrons. The average Bonchev–Trinajstić information content (AvgIpc) is 2.96. The number of amidine groups is 1. The van der Waals surface area contributed by atoms with Gasteiger partial charge in [0.25, 0.3) is 5.91 Å². The zero-order valence-corrected chi connectivity index (χ0v) is 14.7. The van der Waals surface area contributed by atoms with Crippen LogP contribution in [-0.4, -0.2) is 36.9 Å². The van der Waals surface area contributed by atoms with Gasteiger partial charge in [0.15, 0.2) is 0 Å². The van der Waals surface area contributed by atoms with E-state index in [1.807, 2.05) is 25.1 Å². The number of hydrogen-bond acceptors (Lipinski definition) is 4. The van der Waals surface area contributed by atoms with Crippen LogP contribution in [0.1, 0.15) is 11.8 Å². The molecule has 3 rings (SSSR count). The summed E-state index contributed by atoms with van der Waals surface area (Å²) in [6, 6.07) is 8.15. The molecule has 0 unspecified atom stereocenters. The number of methoxy groups -OCH3 is 1. The van der Waals surface area contributed by atoms with E-state index in [0.717, 1.165) is 14.7 Å². The number of benzene rings is 1. The van der Waals surface area contributed by atoms with Gasteiger partial charge < -0.3 is 4.74 Å². The molecule has 0 saturated heterocycles. The summed E-state index contributed by atoms with van der Waals surface area (Å²) in [5, 5.41) is 1.15. The maximum Gasteiger partial charge on any atom is 0.277 e. The molecule has 0 N–H and O–H groups in total. The molecule has 0 saturated carbocycles. The standard InChI is InChI=1S/C16H15BrN2O2S/c1-10-18-12(16(20)19(10)7-8-21-2)9-14-15(17)11-5-3-4-6-13(11)22-14/h3-6,9H,7-8H2,1-2H3. The third-order valence-corrected chi connectivity index (χ3v) is 5.72. The summed E-state index contributed by atoms with van der Waals surface area (Å²) in [7, 11) is 1.62. The second kappa shape index (κ2) is 6.32. The molecule has 2 heterocycles. The number of ether oxygens (including phenoxy) is 1. The van der Waals surface area contributed by atoms with Crippen LogP contribution in [0.2, 0.25) is 0 Å². The molecule has 0 spiro atoms. The summed E-state index contributed by atoms with van der Waals surface area (Å²) in [4.78, 5) is 19.5. The van der Waals surface area contributed by atoms with E-state index in [2.05, 4.69) is 33.1 Å². The number of hydrogen-bond donors (Lipinski definition) is 0. The van der Waals surface area contributed by atoms with E-state index in [4.69, 9.17) is 4.74 Å². The Morgan fingerprint density at radius 1 is 1.41 bits per heavy atom. The molecule has 114 valence electrons. The van der Waals surface area contributed by atoms with Gasteiger partial charge in [-0.2, -0.15) is 0 Å². The van der Waals surface area contributed by atoms with Gasteiger partial charge >= 0.3 is 0 Å². The van der Waals surface area contributed by atoms with E-state index < -0.39 is 0 Å². The number of nitrogens with zero attached hydrogens (tertiary/aromatic N) is 2. The van der Waals surface area contributed by atoms with Crippen LogP contribution in [0.25, 0.3) is 16.2 Å². The lowest BCUT2D eigenvalue weighted by molar-refractivity contribution is -0.123. The van der Waals surface area contributed by atoms with Crippen LogP contribution < -0.4 is 0 Å². The normalized spacial score (nSPS) is 16.9. The summed E-state index contributed by atoms with van der Waals surface area (Å²) >= 11 is 5.27. The van der Waals surface area contributed by atoms with Crippen molar-refractivity contribution in [2.45, 2.75) is 6.92 Å². The first kappa shape index (κ1) is 15.4. The molecule has 2 aromatic rings. The van der Waals surface area contributed by atoms with Gasteiger partial charge in [0.1, 0.15) is 11.5 Å². The lowest BCUT2D eigenvalue weighted by Gasteiger charge is -2.14. The Morgan fingerprint density at radius 2 is 2.18 bits per heavy atom. The molecule has 0 atom stereocenters. The van der Waals surface area contributed by atoms with Crippen LogP contribution in [0.4, 0.5) is 0 Å². The summed E-state index contributed by atoms with van der Waals surface area (Å²) in [6.07, 6.45) is 1.85. The Morgan fingerprint density at radius 3 is 2.91 bits per heavy atom. The van der Waals surface area contributed by atoms with Gasteiger partial charge in [0, 0.05) is 26.5 Å².